The van der Waals surface area contributed by atoms with Crippen molar-refractivity contribution in [3.63, 3.8) is 0 Å². The maximum Gasteiger partial charge on any atom is 0.295 e. The fourth-order valence-corrected chi connectivity index (χ4v) is 3.23. The molecule has 2 heterocycles. The van der Waals surface area contributed by atoms with Crippen LogP contribution in [0.4, 0.5) is 5.69 Å². The summed E-state index contributed by atoms with van der Waals surface area (Å²) in [4.78, 5) is 25.3. The van der Waals surface area contributed by atoms with Crippen LogP contribution in [0.2, 0.25) is 0 Å². The van der Waals surface area contributed by atoms with Crippen LogP contribution in [-0.4, -0.2) is 15.3 Å². The number of furan rings is 1. The number of rotatable bonds is 5. The lowest BCUT2D eigenvalue weighted by Crippen LogP contribution is -2.22. The van der Waals surface area contributed by atoms with Crippen LogP contribution in [0.25, 0.3) is 23.1 Å². The number of hydrogen-bond donors (Lipinski definition) is 1. The molecule has 2 aromatic carbocycles. The van der Waals surface area contributed by atoms with Crippen molar-refractivity contribution in [1.82, 2.24) is 9.36 Å². The van der Waals surface area contributed by atoms with Gasteiger partial charge in [-0.2, -0.15) is 0 Å². The van der Waals surface area contributed by atoms with Gasteiger partial charge in [0.15, 0.2) is 0 Å². The molecule has 30 heavy (non-hydrogen) atoms. The smallest absolute Gasteiger partial charge is 0.295 e. The summed E-state index contributed by atoms with van der Waals surface area (Å²) in [5, 5.41) is 2.70. The second kappa shape index (κ2) is 8.13. The molecule has 0 aliphatic heterocycles. The highest BCUT2D eigenvalue weighted by molar-refractivity contribution is 6.02. The van der Waals surface area contributed by atoms with Gasteiger partial charge in [0.2, 0.25) is 5.91 Å². The second-order valence-electron chi connectivity index (χ2n) is 6.83. The van der Waals surface area contributed by atoms with Crippen LogP contribution in [0.15, 0.2) is 88.1 Å². The van der Waals surface area contributed by atoms with Gasteiger partial charge in [0, 0.05) is 18.7 Å². The van der Waals surface area contributed by atoms with E-state index in [0.717, 1.165) is 17.0 Å². The first-order valence-corrected chi connectivity index (χ1v) is 9.53. The Bertz CT molecular complexity index is 1260. The Morgan fingerprint density at radius 2 is 1.63 bits per heavy atom. The lowest BCUT2D eigenvalue weighted by atomic mass is 10.2. The molecule has 6 nitrogen and oxygen atoms in total. The fraction of sp³-hybridized carbons (Fsp3) is 0.0833. The van der Waals surface area contributed by atoms with E-state index in [0.29, 0.717) is 11.5 Å². The van der Waals surface area contributed by atoms with Crippen molar-refractivity contribution in [2.75, 3.05) is 5.32 Å². The molecule has 0 radical (unpaired) electrons. The lowest BCUT2D eigenvalue weighted by Gasteiger charge is -2.07. The molecular weight excluding hydrogens is 378 g/mol. The van der Waals surface area contributed by atoms with E-state index in [1.807, 2.05) is 66.7 Å². The summed E-state index contributed by atoms with van der Waals surface area (Å²) in [7, 11) is 1.78. The summed E-state index contributed by atoms with van der Waals surface area (Å²) < 4.78 is 9.00. The number of aromatic nitrogens is 2. The average Bonchev–Trinajstić information content (AvgIpc) is 3.33. The zero-order chi connectivity index (χ0) is 21.1. The summed E-state index contributed by atoms with van der Waals surface area (Å²) >= 11 is 0. The normalized spacial score (nSPS) is 11.1. The summed E-state index contributed by atoms with van der Waals surface area (Å²) in [5.41, 5.74) is 2.32. The molecule has 0 fully saturated rings. The van der Waals surface area contributed by atoms with Gasteiger partial charge < -0.3 is 9.73 Å². The van der Waals surface area contributed by atoms with Gasteiger partial charge >= 0.3 is 0 Å². The summed E-state index contributed by atoms with van der Waals surface area (Å²) in [6, 6.07) is 22.7. The number of nitrogens with one attached hydrogen (secondary N) is 1. The third kappa shape index (κ3) is 3.75. The van der Waals surface area contributed by atoms with Crippen LogP contribution in [0.1, 0.15) is 11.5 Å². The largest absolute Gasteiger partial charge is 0.457 e. The van der Waals surface area contributed by atoms with Crippen molar-refractivity contribution in [2.45, 2.75) is 6.92 Å². The zero-order valence-electron chi connectivity index (χ0n) is 16.7. The van der Waals surface area contributed by atoms with Gasteiger partial charge in [-0.15, -0.1) is 0 Å². The van der Waals surface area contributed by atoms with Crippen LogP contribution in [0.5, 0.6) is 0 Å². The van der Waals surface area contributed by atoms with Gasteiger partial charge in [0.25, 0.3) is 5.56 Å². The highest BCUT2D eigenvalue weighted by Gasteiger charge is 2.17. The minimum Gasteiger partial charge on any atom is -0.457 e. The van der Waals surface area contributed by atoms with Crippen LogP contribution in [-0.2, 0) is 11.8 Å². The zero-order valence-corrected chi connectivity index (χ0v) is 16.7. The van der Waals surface area contributed by atoms with Crippen molar-refractivity contribution < 1.29 is 9.21 Å². The van der Waals surface area contributed by atoms with Crippen molar-refractivity contribution in [2.24, 2.45) is 7.05 Å². The highest BCUT2D eigenvalue weighted by Crippen LogP contribution is 2.22. The third-order valence-corrected chi connectivity index (χ3v) is 4.89. The molecule has 4 rings (SSSR count). The van der Waals surface area contributed by atoms with Crippen LogP contribution in [0, 0.1) is 6.92 Å². The van der Waals surface area contributed by atoms with E-state index in [9.17, 15) is 9.59 Å². The first kappa shape index (κ1) is 19.3. The van der Waals surface area contributed by atoms with Gasteiger partial charge in [-0.25, -0.2) is 4.68 Å². The van der Waals surface area contributed by atoms with E-state index < -0.39 is 5.91 Å². The number of carbonyl (C=O) groups is 1. The molecule has 1 amide bonds. The van der Waals surface area contributed by atoms with Crippen molar-refractivity contribution in [3.05, 3.63) is 101 Å². The van der Waals surface area contributed by atoms with Crippen molar-refractivity contribution in [1.29, 1.82) is 0 Å². The van der Waals surface area contributed by atoms with Crippen molar-refractivity contribution in [3.8, 4) is 17.0 Å². The summed E-state index contributed by atoms with van der Waals surface area (Å²) in [6.07, 6.45) is 2.93. The molecule has 0 aliphatic rings. The van der Waals surface area contributed by atoms with Crippen LogP contribution < -0.4 is 10.9 Å². The number of hydrogen-bond acceptors (Lipinski definition) is 3. The molecule has 4 aromatic rings. The van der Waals surface area contributed by atoms with E-state index in [1.54, 1.807) is 30.8 Å². The van der Waals surface area contributed by atoms with E-state index in [4.69, 9.17) is 4.42 Å². The monoisotopic (exact) mass is 399 g/mol. The summed E-state index contributed by atoms with van der Waals surface area (Å²) in [5.74, 6) is 0.870. The van der Waals surface area contributed by atoms with Gasteiger partial charge in [0.05, 0.1) is 11.4 Å². The minimum atomic E-state index is -0.404. The number of anilines is 1. The van der Waals surface area contributed by atoms with Gasteiger partial charge in [-0.05, 0) is 37.3 Å². The molecule has 0 unspecified atom stereocenters. The predicted octanol–water partition coefficient (Wildman–Crippen LogP) is 4.40. The molecular formula is C24H21N3O3. The van der Waals surface area contributed by atoms with Gasteiger partial charge in [-0.1, -0.05) is 48.5 Å². The van der Waals surface area contributed by atoms with E-state index in [2.05, 4.69) is 5.32 Å². The standard InChI is InChI=1S/C24H21N3O3/c1-17-23(24(29)27(26(17)2)19-11-7-4-8-12-19)25-22(28)16-14-20-13-15-21(30-20)18-9-5-3-6-10-18/h3-16H,1-2H3,(H,25,28). The van der Waals surface area contributed by atoms with Crippen LogP contribution in [0.3, 0.4) is 0 Å². The molecule has 0 bridgehead atoms. The maximum atomic E-state index is 12.9. The Morgan fingerprint density at radius 1 is 0.967 bits per heavy atom. The molecule has 0 saturated heterocycles. The molecule has 1 N–H and O–H groups in total. The molecule has 0 atom stereocenters. The van der Waals surface area contributed by atoms with Crippen molar-refractivity contribution >= 4 is 17.7 Å². The number of para-hydroxylation sites is 1. The molecule has 0 aliphatic carbocycles. The Labute approximate surface area is 173 Å². The Balaban J connectivity index is 1.53. The Hall–Kier alpha value is -4.06. The fourth-order valence-electron chi connectivity index (χ4n) is 3.23. The second-order valence-corrected chi connectivity index (χ2v) is 6.83. The van der Waals surface area contributed by atoms with Gasteiger partial charge in [-0.3, -0.25) is 14.3 Å². The average molecular weight is 399 g/mol. The van der Waals surface area contributed by atoms with Gasteiger partial charge in [0.1, 0.15) is 17.2 Å². The quantitative estimate of drug-likeness (QED) is 0.506. The lowest BCUT2D eigenvalue weighted by molar-refractivity contribution is -0.111. The van der Waals surface area contributed by atoms with E-state index >= 15 is 0 Å². The van der Waals surface area contributed by atoms with E-state index in [1.165, 1.54) is 10.8 Å². The number of benzene rings is 2. The number of amides is 1. The molecule has 150 valence electrons. The predicted molar refractivity (Wildman–Crippen MR) is 118 cm³/mol. The molecule has 0 spiro atoms. The molecule has 0 saturated carbocycles. The highest BCUT2D eigenvalue weighted by atomic mass is 16.3. The minimum absolute atomic E-state index is 0.250. The summed E-state index contributed by atoms with van der Waals surface area (Å²) in [6.45, 7) is 1.79. The van der Waals surface area contributed by atoms with Crippen LogP contribution >= 0.6 is 0 Å². The number of nitrogens with zero attached hydrogens (tertiary/aromatic N) is 2. The molecule has 2 aromatic heterocycles. The SMILES string of the molecule is Cc1c(NC(=O)C=Cc2ccc(-c3ccccc3)o2)c(=O)n(-c2ccccc2)n1C. The van der Waals surface area contributed by atoms with E-state index in [-0.39, 0.29) is 11.2 Å². The first-order valence-electron chi connectivity index (χ1n) is 9.53. The maximum absolute atomic E-state index is 12.9. The third-order valence-electron chi connectivity index (χ3n) is 4.89. The number of carbonyl (C=O) groups excluding carboxylic acids is 1. The first-order chi connectivity index (χ1) is 14.5. The Morgan fingerprint density at radius 3 is 2.33 bits per heavy atom. The molecule has 6 heteroatoms. The topological polar surface area (TPSA) is 69.2 Å². The Kier molecular flexibility index (Phi) is 5.22.